The Kier molecular flexibility index (Phi) is 4.24. The normalized spacial score (nSPS) is 18.3. The summed E-state index contributed by atoms with van der Waals surface area (Å²) in [6.45, 7) is 2.58. The van der Waals surface area contributed by atoms with E-state index >= 15 is 0 Å². The van der Waals surface area contributed by atoms with Gasteiger partial charge in [-0.05, 0) is 43.2 Å². The third-order valence-electron chi connectivity index (χ3n) is 4.74. The molecular formula is C20H20N2O4. The van der Waals surface area contributed by atoms with Crippen LogP contribution < -0.4 is 14.8 Å². The zero-order valence-corrected chi connectivity index (χ0v) is 14.5. The SMILES string of the molecule is Cc1ccc(NC(=O)C2CCC(=O)N2Cc2ccc3c(c2)OCO3)cc1. The van der Waals surface area contributed by atoms with Crippen LogP contribution in [-0.2, 0) is 16.1 Å². The Morgan fingerprint density at radius 3 is 2.73 bits per heavy atom. The van der Waals surface area contributed by atoms with Gasteiger partial charge in [0.25, 0.3) is 0 Å². The molecule has 2 aromatic carbocycles. The number of amides is 2. The molecule has 134 valence electrons. The van der Waals surface area contributed by atoms with Crippen LogP contribution in [0.2, 0.25) is 0 Å². The molecule has 4 rings (SSSR count). The Labute approximate surface area is 151 Å². The van der Waals surface area contributed by atoms with E-state index in [-0.39, 0.29) is 18.6 Å². The van der Waals surface area contributed by atoms with E-state index in [4.69, 9.17) is 9.47 Å². The number of nitrogens with one attached hydrogen (secondary N) is 1. The van der Waals surface area contributed by atoms with E-state index in [0.29, 0.717) is 30.9 Å². The standard InChI is InChI=1S/C20H20N2O4/c1-13-2-5-15(6-3-13)21-20(24)16-7-9-19(23)22(16)11-14-4-8-17-18(10-14)26-12-25-17/h2-6,8,10,16H,7,9,11-12H2,1H3,(H,21,24). The van der Waals surface area contributed by atoms with Gasteiger partial charge in [-0.2, -0.15) is 0 Å². The molecule has 2 aliphatic rings. The summed E-state index contributed by atoms with van der Waals surface area (Å²) in [6, 6.07) is 12.8. The summed E-state index contributed by atoms with van der Waals surface area (Å²) >= 11 is 0. The average molecular weight is 352 g/mol. The fourth-order valence-electron chi connectivity index (χ4n) is 3.30. The van der Waals surface area contributed by atoms with Crippen molar-refractivity contribution in [3.05, 3.63) is 53.6 Å². The third-order valence-corrected chi connectivity index (χ3v) is 4.74. The lowest BCUT2D eigenvalue weighted by atomic mass is 10.1. The lowest BCUT2D eigenvalue weighted by Crippen LogP contribution is -2.41. The minimum Gasteiger partial charge on any atom is -0.454 e. The van der Waals surface area contributed by atoms with Gasteiger partial charge in [0.1, 0.15) is 6.04 Å². The zero-order chi connectivity index (χ0) is 18.1. The van der Waals surface area contributed by atoms with E-state index < -0.39 is 6.04 Å². The van der Waals surface area contributed by atoms with Crippen LogP contribution in [0, 0.1) is 6.92 Å². The molecule has 2 aliphatic heterocycles. The molecule has 6 nitrogen and oxygen atoms in total. The first-order chi connectivity index (χ1) is 12.6. The van der Waals surface area contributed by atoms with Crippen LogP contribution in [0.25, 0.3) is 0 Å². The van der Waals surface area contributed by atoms with Gasteiger partial charge in [0.05, 0.1) is 0 Å². The van der Waals surface area contributed by atoms with Crippen LogP contribution in [0.1, 0.15) is 24.0 Å². The van der Waals surface area contributed by atoms with Gasteiger partial charge in [-0.25, -0.2) is 0 Å². The van der Waals surface area contributed by atoms with Crippen LogP contribution in [0.5, 0.6) is 11.5 Å². The fourth-order valence-corrected chi connectivity index (χ4v) is 3.30. The number of fused-ring (bicyclic) bond motifs is 1. The van der Waals surface area contributed by atoms with E-state index in [0.717, 1.165) is 16.8 Å². The Morgan fingerprint density at radius 1 is 1.15 bits per heavy atom. The van der Waals surface area contributed by atoms with Crippen molar-refractivity contribution >= 4 is 17.5 Å². The number of carbonyl (C=O) groups excluding carboxylic acids is 2. The van der Waals surface area contributed by atoms with E-state index in [1.54, 1.807) is 4.90 Å². The van der Waals surface area contributed by atoms with Gasteiger partial charge < -0.3 is 19.7 Å². The number of hydrogen-bond acceptors (Lipinski definition) is 4. The highest BCUT2D eigenvalue weighted by atomic mass is 16.7. The molecule has 2 amide bonds. The minimum absolute atomic E-state index is 0.00766. The largest absolute Gasteiger partial charge is 0.454 e. The molecule has 0 aliphatic carbocycles. The number of likely N-dealkylation sites (tertiary alicyclic amines) is 1. The number of rotatable bonds is 4. The molecule has 1 saturated heterocycles. The molecule has 1 fully saturated rings. The van der Waals surface area contributed by atoms with E-state index in [1.165, 1.54) is 0 Å². The van der Waals surface area contributed by atoms with Crippen LogP contribution in [-0.4, -0.2) is 29.5 Å². The van der Waals surface area contributed by atoms with Crippen molar-refractivity contribution in [1.29, 1.82) is 0 Å². The highest BCUT2D eigenvalue weighted by Crippen LogP contribution is 2.33. The van der Waals surface area contributed by atoms with Gasteiger partial charge in [0.2, 0.25) is 18.6 Å². The van der Waals surface area contributed by atoms with Gasteiger partial charge in [-0.1, -0.05) is 23.8 Å². The summed E-state index contributed by atoms with van der Waals surface area (Å²) in [7, 11) is 0. The molecule has 1 N–H and O–H groups in total. The molecule has 1 unspecified atom stereocenters. The van der Waals surface area contributed by atoms with E-state index in [9.17, 15) is 9.59 Å². The van der Waals surface area contributed by atoms with E-state index in [2.05, 4.69) is 5.32 Å². The van der Waals surface area contributed by atoms with Crippen LogP contribution in [0.15, 0.2) is 42.5 Å². The molecule has 0 aromatic heterocycles. The summed E-state index contributed by atoms with van der Waals surface area (Å²) in [6.07, 6.45) is 0.914. The number of carbonyl (C=O) groups is 2. The maximum atomic E-state index is 12.7. The number of anilines is 1. The number of ether oxygens (including phenoxy) is 2. The first-order valence-electron chi connectivity index (χ1n) is 8.66. The third kappa shape index (κ3) is 3.22. The number of aryl methyl sites for hydroxylation is 1. The molecule has 26 heavy (non-hydrogen) atoms. The second-order valence-electron chi connectivity index (χ2n) is 6.62. The second kappa shape index (κ2) is 6.71. The average Bonchev–Trinajstić information content (AvgIpc) is 3.24. The topological polar surface area (TPSA) is 67.9 Å². The van der Waals surface area contributed by atoms with Gasteiger partial charge in [0.15, 0.2) is 11.5 Å². The van der Waals surface area contributed by atoms with Gasteiger partial charge in [-0.3, -0.25) is 9.59 Å². The molecule has 0 bridgehead atoms. The van der Waals surface area contributed by atoms with Crippen molar-refractivity contribution in [2.24, 2.45) is 0 Å². The summed E-state index contributed by atoms with van der Waals surface area (Å²) in [5.41, 5.74) is 2.78. The first kappa shape index (κ1) is 16.4. The number of hydrogen-bond donors (Lipinski definition) is 1. The molecule has 2 aromatic rings. The summed E-state index contributed by atoms with van der Waals surface area (Å²) < 4.78 is 10.7. The van der Waals surface area contributed by atoms with Gasteiger partial charge in [-0.15, -0.1) is 0 Å². The highest BCUT2D eigenvalue weighted by Gasteiger charge is 2.36. The fraction of sp³-hybridized carbons (Fsp3) is 0.300. The van der Waals surface area contributed by atoms with E-state index in [1.807, 2.05) is 49.4 Å². The summed E-state index contributed by atoms with van der Waals surface area (Å²) in [5, 5.41) is 2.91. The van der Waals surface area contributed by atoms with Crippen molar-refractivity contribution in [2.45, 2.75) is 32.4 Å². The highest BCUT2D eigenvalue weighted by molar-refractivity contribution is 5.99. The lowest BCUT2D eigenvalue weighted by Gasteiger charge is -2.24. The minimum atomic E-state index is -0.464. The molecule has 2 heterocycles. The van der Waals surface area contributed by atoms with Crippen molar-refractivity contribution in [2.75, 3.05) is 12.1 Å². The summed E-state index contributed by atoms with van der Waals surface area (Å²) in [5.74, 6) is 1.22. The monoisotopic (exact) mass is 352 g/mol. The van der Waals surface area contributed by atoms with Crippen LogP contribution in [0.4, 0.5) is 5.69 Å². The molecule has 0 radical (unpaired) electrons. The first-order valence-corrected chi connectivity index (χ1v) is 8.66. The zero-order valence-electron chi connectivity index (χ0n) is 14.5. The predicted octanol–water partition coefficient (Wildman–Crippen LogP) is 2.85. The van der Waals surface area contributed by atoms with Gasteiger partial charge >= 0.3 is 0 Å². The van der Waals surface area contributed by atoms with Crippen molar-refractivity contribution in [1.82, 2.24) is 4.90 Å². The summed E-state index contributed by atoms with van der Waals surface area (Å²) in [4.78, 5) is 26.6. The number of benzene rings is 2. The Bertz CT molecular complexity index is 847. The Morgan fingerprint density at radius 2 is 1.92 bits per heavy atom. The van der Waals surface area contributed by atoms with Crippen molar-refractivity contribution < 1.29 is 19.1 Å². The molecule has 1 atom stereocenters. The number of nitrogens with zero attached hydrogens (tertiary/aromatic N) is 1. The molecule has 6 heteroatoms. The predicted molar refractivity (Wildman–Crippen MR) is 95.9 cm³/mol. The molecule has 0 saturated carbocycles. The quantitative estimate of drug-likeness (QED) is 0.919. The molecular weight excluding hydrogens is 332 g/mol. The molecule has 0 spiro atoms. The maximum absolute atomic E-state index is 12.7. The Balaban J connectivity index is 1.48. The van der Waals surface area contributed by atoms with Crippen molar-refractivity contribution in [3.8, 4) is 11.5 Å². The maximum Gasteiger partial charge on any atom is 0.247 e. The van der Waals surface area contributed by atoms with Gasteiger partial charge in [0, 0.05) is 18.7 Å². The van der Waals surface area contributed by atoms with Crippen molar-refractivity contribution in [3.63, 3.8) is 0 Å². The van der Waals surface area contributed by atoms with Crippen LogP contribution in [0.3, 0.4) is 0 Å². The Hall–Kier alpha value is -3.02. The smallest absolute Gasteiger partial charge is 0.247 e. The lowest BCUT2D eigenvalue weighted by molar-refractivity contribution is -0.133. The second-order valence-corrected chi connectivity index (χ2v) is 6.62. The van der Waals surface area contributed by atoms with Crippen LogP contribution >= 0.6 is 0 Å².